The molecule has 0 amide bonds. The van der Waals surface area contributed by atoms with Gasteiger partial charge in [-0.3, -0.25) is 0 Å². The molecule has 0 unspecified atom stereocenters. The third kappa shape index (κ3) is 1.67. The maximum atomic E-state index is 10.0. The number of aromatic nitrogens is 1. The number of H-pyrrole nitrogens is 1. The maximum Gasteiger partial charge on any atom is 0.0941 e. The minimum Gasteiger partial charge on any atom is -0.387 e. The van der Waals surface area contributed by atoms with Crippen molar-refractivity contribution in [2.45, 2.75) is 45.1 Å². The highest BCUT2D eigenvalue weighted by Crippen LogP contribution is 2.35. The quantitative estimate of drug-likeness (QED) is 0.769. The fourth-order valence-electron chi connectivity index (χ4n) is 2.82. The van der Waals surface area contributed by atoms with Gasteiger partial charge in [-0.2, -0.15) is 0 Å². The Kier molecular flexibility index (Phi) is 2.48. The molecular weight excluding hydrogens is 210 g/mol. The van der Waals surface area contributed by atoms with Gasteiger partial charge in [-0.15, -0.1) is 0 Å². The summed E-state index contributed by atoms with van der Waals surface area (Å²) in [4.78, 5) is 3.38. The summed E-state index contributed by atoms with van der Waals surface area (Å²) < 4.78 is 0. The molecule has 1 aliphatic rings. The average Bonchev–Trinajstić information content (AvgIpc) is 2.68. The Morgan fingerprint density at radius 2 is 2.18 bits per heavy atom. The van der Waals surface area contributed by atoms with Crippen LogP contribution in [-0.2, 0) is 6.42 Å². The van der Waals surface area contributed by atoms with Crippen LogP contribution in [-0.4, -0.2) is 10.1 Å². The second-order valence-corrected chi connectivity index (χ2v) is 5.38. The lowest BCUT2D eigenvalue weighted by atomic mass is 9.92. The first-order valence-corrected chi connectivity index (χ1v) is 6.49. The van der Waals surface area contributed by atoms with Crippen molar-refractivity contribution in [1.82, 2.24) is 4.98 Å². The van der Waals surface area contributed by atoms with Gasteiger partial charge in [0.05, 0.1) is 6.10 Å². The molecule has 90 valence electrons. The Labute approximate surface area is 102 Å². The van der Waals surface area contributed by atoms with Gasteiger partial charge in [0.1, 0.15) is 0 Å². The van der Waals surface area contributed by atoms with E-state index in [1.165, 1.54) is 22.0 Å². The van der Waals surface area contributed by atoms with E-state index in [9.17, 15) is 5.11 Å². The van der Waals surface area contributed by atoms with Crippen LogP contribution in [0.15, 0.2) is 18.2 Å². The Morgan fingerprint density at radius 3 is 2.94 bits per heavy atom. The summed E-state index contributed by atoms with van der Waals surface area (Å²) >= 11 is 0. The molecule has 0 radical (unpaired) electrons. The predicted octanol–water partition coefficient (Wildman–Crippen LogP) is 3.66. The lowest BCUT2D eigenvalue weighted by Gasteiger charge is -2.17. The molecule has 1 aliphatic carbocycles. The maximum absolute atomic E-state index is 10.0. The lowest BCUT2D eigenvalue weighted by Crippen LogP contribution is -2.07. The topological polar surface area (TPSA) is 36.0 Å². The molecule has 0 saturated heterocycles. The van der Waals surface area contributed by atoms with Crippen LogP contribution in [0, 0.1) is 0 Å². The fraction of sp³-hybridized carbons (Fsp3) is 0.467. The summed E-state index contributed by atoms with van der Waals surface area (Å²) in [5, 5.41) is 11.3. The number of hydrogen-bond donors (Lipinski definition) is 2. The van der Waals surface area contributed by atoms with Gasteiger partial charge in [0.25, 0.3) is 0 Å². The third-order valence-corrected chi connectivity index (χ3v) is 3.87. The van der Waals surface area contributed by atoms with Gasteiger partial charge in [-0.05, 0) is 48.4 Å². The standard InChI is InChI=1S/C15H19NO/c1-9(2)10-6-7-13-12(8-10)11-4-3-5-14(17)15(11)16-13/h6-9,14,16-17H,3-5H2,1-2H3/t14-/m1/s1. The minimum atomic E-state index is -0.298. The van der Waals surface area contributed by atoms with Crippen molar-refractivity contribution in [3.8, 4) is 0 Å². The summed E-state index contributed by atoms with van der Waals surface area (Å²) in [6, 6.07) is 6.62. The first kappa shape index (κ1) is 10.8. The molecule has 1 aromatic carbocycles. The van der Waals surface area contributed by atoms with Crippen LogP contribution in [0.2, 0.25) is 0 Å². The zero-order valence-electron chi connectivity index (χ0n) is 10.5. The van der Waals surface area contributed by atoms with Crippen molar-refractivity contribution in [1.29, 1.82) is 0 Å². The van der Waals surface area contributed by atoms with Crippen LogP contribution in [0.3, 0.4) is 0 Å². The van der Waals surface area contributed by atoms with Crippen LogP contribution >= 0.6 is 0 Å². The van der Waals surface area contributed by atoms with Gasteiger partial charge in [0.2, 0.25) is 0 Å². The van der Waals surface area contributed by atoms with E-state index in [4.69, 9.17) is 0 Å². The molecule has 0 fully saturated rings. The van der Waals surface area contributed by atoms with E-state index in [-0.39, 0.29) is 6.10 Å². The summed E-state index contributed by atoms with van der Waals surface area (Å²) in [6.07, 6.45) is 2.77. The molecule has 2 N–H and O–H groups in total. The molecular formula is C15H19NO. The zero-order chi connectivity index (χ0) is 12.0. The first-order chi connectivity index (χ1) is 8.16. The van der Waals surface area contributed by atoms with Gasteiger partial charge < -0.3 is 10.1 Å². The van der Waals surface area contributed by atoms with E-state index in [1.54, 1.807) is 0 Å². The second-order valence-electron chi connectivity index (χ2n) is 5.38. The van der Waals surface area contributed by atoms with Crippen molar-refractivity contribution in [3.63, 3.8) is 0 Å². The Bertz CT molecular complexity index is 553. The van der Waals surface area contributed by atoms with Crippen LogP contribution in [0.25, 0.3) is 10.9 Å². The molecule has 0 bridgehead atoms. The molecule has 0 aliphatic heterocycles. The Morgan fingerprint density at radius 1 is 1.35 bits per heavy atom. The predicted molar refractivity (Wildman–Crippen MR) is 70.3 cm³/mol. The molecule has 0 saturated carbocycles. The van der Waals surface area contributed by atoms with E-state index in [1.807, 2.05) is 0 Å². The van der Waals surface area contributed by atoms with E-state index < -0.39 is 0 Å². The number of benzene rings is 1. The highest BCUT2D eigenvalue weighted by atomic mass is 16.3. The monoisotopic (exact) mass is 229 g/mol. The van der Waals surface area contributed by atoms with Crippen LogP contribution in [0.5, 0.6) is 0 Å². The molecule has 2 heteroatoms. The largest absolute Gasteiger partial charge is 0.387 e. The number of aliphatic hydroxyl groups is 1. The molecule has 0 spiro atoms. The number of aromatic amines is 1. The first-order valence-electron chi connectivity index (χ1n) is 6.49. The highest BCUT2D eigenvalue weighted by molar-refractivity contribution is 5.85. The normalized spacial score (nSPS) is 19.9. The van der Waals surface area contributed by atoms with Crippen molar-refractivity contribution in [2.75, 3.05) is 0 Å². The van der Waals surface area contributed by atoms with Gasteiger partial charge in [-0.1, -0.05) is 19.9 Å². The minimum absolute atomic E-state index is 0.298. The van der Waals surface area contributed by atoms with Crippen molar-refractivity contribution >= 4 is 10.9 Å². The molecule has 2 aromatic rings. The van der Waals surface area contributed by atoms with E-state index in [0.717, 1.165) is 25.0 Å². The third-order valence-electron chi connectivity index (χ3n) is 3.87. The number of aliphatic hydroxyl groups excluding tert-OH is 1. The Balaban J connectivity index is 2.22. The van der Waals surface area contributed by atoms with Crippen LogP contribution < -0.4 is 0 Å². The molecule has 1 atom stereocenters. The Hall–Kier alpha value is -1.28. The average molecular weight is 229 g/mol. The highest BCUT2D eigenvalue weighted by Gasteiger charge is 2.22. The number of rotatable bonds is 1. The van der Waals surface area contributed by atoms with Gasteiger partial charge >= 0.3 is 0 Å². The smallest absolute Gasteiger partial charge is 0.0941 e. The summed E-state index contributed by atoms with van der Waals surface area (Å²) in [7, 11) is 0. The molecule has 3 rings (SSSR count). The molecule has 2 nitrogen and oxygen atoms in total. The second kappa shape index (κ2) is 3.88. The van der Waals surface area contributed by atoms with E-state index in [2.05, 4.69) is 37.0 Å². The van der Waals surface area contributed by atoms with Crippen molar-refractivity contribution in [2.24, 2.45) is 0 Å². The molecule has 1 aromatic heterocycles. The zero-order valence-corrected chi connectivity index (χ0v) is 10.5. The number of nitrogens with one attached hydrogen (secondary N) is 1. The van der Waals surface area contributed by atoms with Crippen LogP contribution in [0.4, 0.5) is 0 Å². The number of aryl methyl sites for hydroxylation is 1. The van der Waals surface area contributed by atoms with Gasteiger partial charge in [0, 0.05) is 16.6 Å². The van der Waals surface area contributed by atoms with Crippen molar-refractivity contribution in [3.05, 3.63) is 35.0 Å². The fourth-order valence-corrected chi connectivity index (χ4v) is 2.82. The SMILES string of the molecule is CC(C)c1ccc2[nH]c3c(c2c1)CCC[C@H]3O. The summed E-state index contributed by atoms with van der Waals surface area (Å²) in [5.74, 6) is 0.554. The number of fused-ring (bicyclic) bond motifs is 3. The van der Waals surface area contributed by atoms with Gasteiger partial charge in [-0.25, -0.2) is 0 Å². The lowest BCUT2D eigenvalue weighted by molar-refractivity contribution is 0.153. The molecule has 1 heterocycles. The van der Waals surface area contributed by atoms with Crippen molar-refractivity contribution < 1.29 is 5.11 Å². The summed E-state index contributed by atoms with van der Waals surface area (Å²) in [6.45, 7) is 4.43. The van der Waals surface area contributed by atoms with E-state index >= 15 is 0 Å². The van der Waals surface area contributed by atoms with Gasteiger partial charge in [0.15, 0.2) is 0 Å². The molecule has 17 heavy (non-hydrogen) atoms. The number of hydrogen-bond acceptors (Lipinski definition) is 1. The van der Waals surface area contributed by atoms with Crippen LogP contribution in [0.1, 0.15) is 55.5 Å². The summed E-state index contributed by atoms with van der Waals surface area (Å²) in [5.41, 5.74) is 4.92. The van der Waals surface area contributed by atoms with E-state index in [0.29, 0.717) is 5.92 Å².